The van der Waals surface area contributed by atoms with Crippen LogP contribution >= 0.6 is 15.9 Å². The molecular weight excluding hydrogens is 305 g/mol. The minimum Gasteiger partial charge on any atom is -0.465 e. The predicted molar refractivity (Wildman–Crippen MR) is 57.0 cm³/mol. The van der Waals surface area contributed by atoms with Crippen LogP contribution in [0.1, 0.15) is 15.9 Å². The van der Waals surface area contributed by atoms with Gasteiger partial charge in [-0.05, 0) is 11.6 Å². The Morgan fingerprint density at radius 2 is 2.12 bits per heavy atom. The van der Waals surface area contributed by atoms with Crippen molar-refractivity contribution in [2.75, 3.05) is 7.11 Å². The average Bonchev–Trinajstić information content (AvgIpc) is 2.26. The maximum atomic E-state index is 13.5. The molecule has 0 aliphatic rings. The lowest BCUT2D eigenvalue weighted by atomic mass is 10.1. The topological polar surface area (TPSA) is 35.5 Å². The van der Waals surface area contributed by atoms with Crippen molar-refractivity contribution in [3.05, 3.63) is 29.1 Å². The molecule has 0 bridgehead atoms. The number of alkyl halides is 3. The van der Waals surface area contributed by atoms with Gasteiger partial charge < -0.3 is 9.47 Å². The third kappa shape index (κ3) is 3.36. The third-order valence-corrected chi connectivity index (χ3v) is 2.51. The predicted octanol–water partition coefficient (Wildman–Crippen LogP) is 3.11. The number of carbonyl (C=O) groups excluding carboxylic acids is 1. The van der Waals surface area contributed by atoms with Gasteiger partial charge in [-0.1, -0.05) is 15.9 Å². The lowest BCUT2D eigenvalue weighted by Crippen LogP contribution is -2.10. The SMILES string of the molecule is COC(=O)c1c(F)cc(OC(F)F)cc1CBr. The zero-order chi connectivity index (χ0) is 13.0. The molecule has 0 aliphatic heterocycles. The molecule has 0 saturated heterocycles. The van der Waals surface area contributed by atoms with Crippen molar-refractivity contribution in [1.29, 1.82) is 0 Å². The Bertz CT molecular complexity index is 424. The normalized spacial score (nSPS) is 10.5. The molecule has 3 nitrogen and oxygen atoms in total. The van der Waals surface area contributed by atoms with Gasteiger partial charge in [-0.15, -0.1) is 0 Å². The first kappa shape index (κ1) is 13.8. The molecule has 17 heavy (non-hydrogen) atoms. The fourth-order valence-corrected chi connectivity index (χ4v) is 1.69. The van der Waals surface area contributed by atoms with Gasteiger partial charge in [0, 0.05) is 11.4 Å². The van der Waals surface area contributed by atoms with E-state index in [4.69, 9.17) is 0 Å². The van der Waals surface area contributed by atoms with Gasteiger partial charge in [0.05, 0.1) is 12.7 Å². The highest BCUT2D eigenvalue weighted by molar-refractivity contribution is 9.08. The quantitative estimate of drug-likeness (QED) is 0.633. The number of hydrogen-bond donors (Lipinski definition) is 0. The van der Waals surface area contributed by atoms with E-state index < -0.39 is 18.4 Å². The number of ether oxygens (including phenoxy) is 2. The summed E-state index contributed by atoms with van der Waals surface area (Å²) >= 11 is 3.02. The molecule has 0 spiro atoms. The summed E-state index contributed by atoms with van der Waals surface area (Å²) in [5.74, 6) is -2.19. The second-order valence-electron chi connectivity index (χ2n) is 2.94. The molecule has 0 aromatic heterocycles. The lowest BCUT2D eigenvalue weighted by Gasteiger charge is -2.10. The molecule has 7 heteroatoms. The molecule has 0 saturated carbocycles. The number of carbonyl (C=O) groups is 1. The molecule has 0 N–H and O–H groups in total. The Labute approximate surface area is 104 Å². The number of esters is 1. The minimum absolute atomic E-state index is 0.106. The average molecular weight is 313 g/mol. The summed E-state index contributed by atoms with van der Waals surface area (Å²) in [6.45, 7) is -3.05. The zero-order valence-electron chi connectivity index (χ0n) is 8.68. The lowest BCUT2D eigenvalue weighted by molar-refractivity contribution is -0.0500. The van der Waals surface area contributed by atoms with Gasteiger partial charge in [-0.2, -0.15) is 8.78 Å². The first-order chi connectivity index (χ1) is 7.99. The van der Waals surface area contributed by atoms with Crippen LogP contribution in [0.25, 0.3) is 0 Å². The van der Waals surface area contributed by atoms with Crippen molar-refractivity contribution in [3.63, 3.8) is 0 Å². The van der Waals surface area contributed by atoms with E-state index in [1.54, 1.807) is 0 Å². The second-order valence-corrected chi connectivity index (χ2v) is 3.50. The number of rotatable bonds is 4. The van der Waals surface area contributed by atoms with Crippen LogP contribution in [0.2, 0.25) is 0 Å². The van der Waals surface area contributed by atoms with Crippen LogP contribution in [0.3, 0.4) is 0 Å². The molecule has 0 fully saturated rings. The molecule has 1 rings (SSSR count). The molecule has 0 aliphatic carbocycles. The Hall–Kier alpha value is -1.24. The first-order valence-electron chi connectivity index (χ1n) is 4.41. The zero-order valence-corrected chi connectivity index (χ0v) is 10.3. The summed E-state index contributed by atoms with van der Waals surface area (Å²) in [5, 5.41) is 0.106. The van der Waals surface area contributed by atoms with E-state index in [-0.39, 0.29) is 22.2 Å². The van der Waals surface area contributed by atoms with E-state index in [0.29, 0.717) is 6.07 Å². The number of methoxy groups -OCH3 is 1. The van der Waals surface area contributed by atoms with Crippen LogP contribution in [0.15, 0.2) is 12.1 Å². The highest BCUT2D eigenvalue weighted by Gasteiger charge is 2.19. The van der Waals surface area contributed by atoms with Crippen LogP contribution in [-0.2, 0) is 10.1 Å². The van der Waals surface area contributed by atoms with Crippen molar-refractivity contribution >= 4 is 21.9 Å². The maximum absolute atomic E-state index is 13.5. The third-order valence-electron chi connectivity index (χ3n) is 1.90. The highest BCUT2D eigenvalue weighted by atomic mass is 79.9. The van der Waals surface area contributed by atoms with Crippen molar-refractivity contribution < 1.29 is 27.4 Å². The Balaban J connectivity index is 3.20. The van der Waals surface area contributed by atoms with Gasteiger partial charge in [0.25, 0.3) is 0 Å². The molecule has 0 atom stereocenters. The molecule has 94 valence electrons. The molecule has 1 aromatic carbocycles. The van der Waals surface area contributed by atoms with E-state index >= 15 is 0 Å². The van der Waals surface area contributed by atoms with E-state index in [9.17, 15) is 18.0 Å². The van der Waals surface area contributed by atoms with Gasteiger partial charge in [0.2, 0.25) is 0 Å². The van der Waals surface area contributed by atoms with Crippen molar-refractivity contribution in [3.8, 4) is 5.75 Å². The molecular formula is C10H8BrF3O3. The molecule has 0 heterocycles. The first-order valence-corrected chi connectivity index (χ1v) is 5.53. The number of hydrogen-bond acceptors (Lipinski definition) is 3. The van der Waals surface area contributed by atoms with Crippen LogP contribution in [0, 0.1) is 5.82 Å². The Morgan fingerprint density at radius 1 is 1.47 bits per heavy atom. The van der Waals surface area contributed by atoms with Gasteiger partial charge in [-0.3, -0.25) is 0 Å². The largest absolute Gasteiger partial charge is 0.465 e. The van der Waals surface area contributed by atoms with Crippen molar-refractivity contribution in [2.24, 2.45) is 0 Å². The van der Waals surface area contributed by atoms with E-state index in [1.807, 2.05) is 0 Å². The van der Waals surface area contributed by atoms with E-state index in [1.165, 1.54) is 0 Å². The van der Waals surface area contributed by atoms with Crippen LogP contribution in [0.4, 0.5) is 13.2 Å². The van der Waals surface area contributed by atoms with Gasteiger partial charge in [0.1, 0.15) is 11.6 Å². The monoisotopic (exact) mass is 312 g/mol. The summed E-state index contributed by atoms with van der Waals surface area (Å²) < 4.78 is 45.9. The second kappa shape index (κ2) is 5.90. The summed E-state index contributed by atoms with van der Waals surface area (Å²) in [5.41, 5.74) is -0.126. The minimum atomic E-state index is -3.05. The summed E-state index contributed by atoms with van der Waals surface area (Å²) in [7, 11) is 1.10. The summed E-state index contributed by atoms with van der Waals surface area (Å²) in [6.07, 6.45) is 0. The Kier molecular flexibility index (Phi) is 4.80. The summed E-state index contributed by atoms with van der Waals surface area (Å²) in [4.78, 5) is 11.3. The maximum Gasteiger partial charge on any atom is 0.387 e. The fourth-order valence-electron chi connectivity index (χ4n) is 1.24. The van der Waals surface area contributed by atoms with Crippen LogP contribution < -0.4 is 4.74 Å². The van der Waals surface area contributed by atoms with E-state index in [0.717, 1.165) is 13.2 Å². The highest BCUT2D eigenvalue weighted by Crippen LogP contribution is 2.25. The smallest absolute Gasteiger partial charge is 0.387 e. The molecule has 1 aromatic rings. The molecule has 0 unspecified atom stereocenters. The van der Waals surface area contributed by atoms with Gasteiger partial charge >= 0.3 is 12.6 Å². The van der Waals surface area contributed by atoms with Crippen LogP contribution in [-0.4, -0.2) is 19.7 Å². The van der Waals surface area contributed by atoms with Crippen molar-refractivity contribution in [2.45, 2.75) is 11.9 Å². The standard InChI is InChI=1S/C10H8BrF3O3/c1-16-9(15)8-5(4-11)2-6(3-7(8)12)17-10(13)14/h2-3,10H,4H2,1H3. The number of benzene rings is 1. The number of halogens is 4. The van der Waals surface area contributed by atoms with Crippen LogP contribution in [0.5, 0.6) is 5.75 Å². The van der Waals surface area contributed by atoms with Crippen molar-refractivity contribution in [1.82, 2.24) is 0 Å². The fraction of sp³-hybridized carbons (Fsp3) is 0.300. The van der Waals surface area contributed by atoms with Gasteiger partial charge in [0.15, 0.2) is 0 Å². The van der Waals surface area contributed by atoms with Gasteiger partial charge in [-0.25, -0.2) is 9.18 Å². The molecule has 0 amide bonds. The Morgan fingerprint density at radius 3 is 2.59 bits per heavy atom. The van der Waals surface area contributed by atoms with E-state index in [2.05, 4.69) is 25.4 Å². The molecule has 0 radical (unpaired) electrons. The summed E-state index contributed by atoms with van der Waals surface area (Å²) in [6, 6.07) is 1.86.